The summed E-state index contributed by atoms with van der Waals surface area (Å²) < 4.78 is 11.8. The monoisotopic (exact) mass is 496 g/mol. The number of carbonyl (C=O) groups excluding carboxylic acids is 3. The molecule has 4 rings (SSSR count). The van der Waals surface area contributed by atoms with Crippen LogP contribution in [0.15, 0.2) is 22.5 Å². The molecule has 2 saturated heterocycles. The van der Waals surface area contributed by atoms with E-state index >= 15 is 0 Å². The van der Waals surface area contributed by atoms with Gasteiger partial charge in [-0.2, -0.15) is 10.2 Å². The van der Waals surface area contributed by atoms with Crippen LogP contribution in [-0.2, 0) is 32.5 Å². The van der Waals surface area contributed by atoms with E-state index in [9.17, 15) is 19.5 Å². The standard InChI is InChI=1S/C21H26N6O6.K/c1-26-20(30)12(16(24-26)18(28)14-10-32-8-6-22-14)4-3-5-13-17(25-27(2)21(13)31)19(29)15-11-33-9-7-23-15;/h3,14-15,22-23,30H,4,6-11H2,1-2H3;/q;+1/p-1. The zero-order valence-corrected chi connectivity index (χ0v) is 22.5. The van der Waals surface area contributed by atoms with Crippen molar-refractivity contribution in [3.05, 3.63) is 28.6 Å². The number of morpholine rings is 2. The van der Waals surface area contributed by atoms with Gasteiger partial charge in [0.15, 0.2) is 0 Å². The zero-order valence-electron chi connectivity index (χ0n) is 19.4. The Morgan fingerprint density at radius 2 is 1.76 bits per heavy atom. The van der Waals surface area contributed by atoms with Gasteiger partial charge in [0.1, 0.15) is 17.0 Å². The normalized spacial score (nSPS) is 22.6. The third-order valence-electron chi connectivity index (χ3n) is 5.58. The van der Waals surface area contributed by atoms with Crippen molar-refractivity contribution >= 4 is 23.2 Å². The molecule has 0 aromatic carbocycles. The van der Waals surface area contributed by atoms with E-state index in [2.05, 4.69) is 26.6 Å². The van der Waals surface area contributed by atoms with Crippen molar-refractivity contribution in [3.8, 4) is 5.88 Å². The topological polar surface area (TPSA) is 150 Å². The number of carbonyl (C=O) groups is 3. The first kappa shape index (κ1) is 27.1. The molecule has 0 radical (unpaired) electrons. The van der Waals surface area contributed by atoms with Gasteiger partial charge < -0.3 is 25.2 Å². The van der Waals surface area contributed by atoms with Gasteiger partial charge in [-0.1, -0.05) is 0 Å². The van der Waals surface area contributed by atoms with E-state index in [0.29, 0.717) is 26.3 Å². The van der Waals surface area contributed by atoms with E-state index in [4.69, 9.17) is 9.47 Å². The van der Waals surface area contributed by atoms with E-state index in [0.717, 1.165) is 9.69 Å². The van der Waals surface area contributed by atoms with Crippen LogP contribution in [0.3, 0.4) is 0 Å². The van der Waals surface area contributed by atoms with Gasteiger partial charge in [-0.15, -0.1) is 5.73 Å². The smallest absolute Gasteiger partial charge is 0.859 e. The number of aromatic nitrogens is 2. The fourth-order valence-electron chi connectivity index (χ4n) is 3.80. The molecule has 2 atom stereocenters. The molecule has 34 heavy (non-hydrogen) atoms. The Balaban J connectivity index is 0.00000324. The first-order valence-corrected chi connectivity index (χ1v) is 10.6. The molecule has 3 aliphatic heterocycles. The number of rotatable bonds is 6. The molecule has 0 saturated carbocycles. The van der Waals surface area contributed by atoms with Crippen molar-refractivity contribution in [2.75, 3.05) is 46.6 Å². The van der Waals surface area contributed by atoms with Gasteiger partial charge in [-0.05, 0) is 17.5 Å². The number of nitrogens with one attached hydrogen (secondary N) is 2. The molecule has 0 spiro atoms. The molecule has 2 fully saturated rings. The van der Waals surface area contributed by atoms with E-state index in [-0.39, 0.29) is 105 Å². The molecule has 4 heterocycles. The molecule has 3 aliphatic rings. The predicted octanol–water partition coefficient (Wildman–Crippen LogP) is -5.32. The first-order valence-electron chi connectivity index (χ1n) is 10.6. The summed E-state index contributed by atoms with van der Waals surface area (Å²) in [7, 11) is 2.91. The van der Waals surface area contributed by atoms with Crippen LogP contribution in [0.1, 0.15) is 16.1 Å². The summed E-state index contributed by atoms with van der Waals surface area (Å²) in [6.07, 6.45) is 1.45. The Hall–Kier alpha value is -1.51. The Morgan fingerprint density at radius 3 is 2.35 bits per heavy atom. The van der Waals surface area contributed by atoms with Gasteiger partial charge in [0.2, 0.25) is 11.6 Å². The number of hydrogen-bond donors (Lipinski definition) is 2. The summed E-state index contributed by atoms with van der Waals surface area (Å²) in [5, 5.41) is 27.9. The van der Waals surface area contributed by atoms with Crippen LogP contribution < -0.4 is 67.1 Å². The quantitative estimate of drug-likeness (QED) is 0.170. The third kappa shape index (κ3) is 5.65. The number of Topliss-reactive ketones (excluding diaryl/α,β-unsaturated/α-hetero) is 2. The molecule has 12 nitrogen and oxygen atoms in total. The second-order valence-corrected chi connectivity index (χ2v) is 7.85. The van der Waals surface area contributed by atoms with E-state index in [1.807, 2.05) is 0 Å². The van der Waals surface area contributed by atoms with Crippen molar-refractivity contribution < 1.29 is 80.3 Å². The average molecular weight is 497 g/mol. The molecule has 1 aromatic rings. The molecule has 0 aliphatic carbocycles. The summed E-state index contributed by atoms with van der Waals surface area (Å²) in [6.45, 7) is 2.45. The average Bonchev–Trinajstić information content (AvgIpc) is 3.29. The molecule has 176 valence electrons. The predicted molar refractivity (Wildman–Crippen MR) is 113 cm³/mol. The first-order chi connectivity index (χ1) is 15.9. The van der Waals surface area contributed by atoms with E-state index in [1.54, 1.807) is 0 Å². The Labute approximate surface area is 238 Å². The van der Waals surface area contributed by atoms with Gasteiger partial charge in [-0.3, -0.25) is 19.1 Å². The number of likely N-dealkylation sites (N-methyl/N-ethyl adjacent to an activating group) is 1. The second kappa shape index (κ2) is 11.9. The van der Waals surface area contributed by atoms with Crippen LogP contribution in [-0.4, -0.2) is 96.6 Å². The van der Waals surface area contributed by atoms with Gasteiger partial charge in [0, 0.05) is 33.6 Å². The Kier molecular flexibility index (Phi) is 9.52. The molecule has 13 heteroatoms. The summed E-state index contributed by atoms with van der Waals surface area (Å²) in [5.74, 6) is -1.60. The summed E-state index contributed by atoms with van der Waals surface area (Å²) in [4.78, 5) is 38.3. The van der Waals surface area contributed by atoms with Crippen LogP contribution >= 0.6 is 0 Å². The molecule has 1 amide bonds. The van der Waals surface area contributed by atoms with Crippen LogP contribution in [0, 0.1) is 0 Å². The number of ketones is 2. The molecule has 0 bridgehead atoms. The molecular weight excluding hydrogens is 471 g/mol. The van der Waals surface area contributed by atoms with Crippen molar-refractivity contribution in [3.63, 3.8) is 0 Å². The van der Waals surface area contributed by atoms with Crippen LogP contribution in [0.4, 0.5) is 0 Å². The molecular formula is C21H25KN6O6. The Morgan fingerprint density at radius 1 is 1.15 bits per heavy atom. The maximum absolute atomic E-state index is 12.9. The fourth-order valence-corrected chi connectivity index (χ4v) is 3.80. The third-order valence-corrected chi connectivity index (χ3v) is 5.58. The Bertz CT molecular complexity index is 1060. The minimum Gasteiger partial charge on any atom is -0.859 e. The fraction of sp³-hybridized carbons (Fsp3) is 0.524. The number of hydrazone groups is 1. The number of hydrogen-bond acceptors (Lipinski definition) is 10. The number of aryl methyl sites for hydroxylation is 1. The largest absolute Gasteiger partial charge is 1.00 e. The van der Waals surface area contributed by atoms with Gasteiger partial charge in [0.05, 0.1) is 38.5 Å². The van der Waals surface area contributed by atoms with Gasteiger partial charge in [-0.25, -0.2) is 5.01 Å². The van der Waals surface area contributed by atoms with Crippen molar-refractivity contribution in [2.24, 2.45) is 12.1 Å². The SMILES string of the molecule is CN1N=C(C(=O)C2COCCN2)C(=C=CCc2c(C(=O)C3COCCN3)nn(C)c2[O-])C1=O.[K+]. The number of amides is 1. The summed E-state index contributed by atoms with van der Waals surface area (Å²) >= 11 is 0. The maximum atomic E-state index is 12.9. The maximum Gasteiger partial charge on any atom is 1.00 e. The minimum absolute atomic E-state index is 0. The van der Waals surface area contributed by atoms with Gasteiger partial charge in [0.25, 0.3) is 5.91 Å². The summed E-state index contributed by atoms with van der Waals surface area (Å²) in [5.41, 5.74) is 3.04. The molecule has 1 aromatic heterocycles. The van der Waals surface area contributed by atoms with Gasteiger partial charge >= 0.3 is 51.4 Å². The van der Waals surface area contributed by atoms with E-state index < -0.39 is 23.9 Å². The number of ether oxygens (including phenoxy) is 2. The van der Waals surface area contributed by atoms with Crippen LogP contribution in [0.5, 0.6) is 5.88 Å². The van der Waals surface area contributed by atoms with Crippen molar-refractivity contribution in [2.45, 2.75) is 18.5 Å². The van der Waals surface area contributed by atoms with E-state index in [1.165, 1.54) is 20.2 Å². The summed E-state index contributed by atoms with van der Waals surface area (Å²) in [6, 6.07) is -1.18. The van der Waals surface area contributed by atoms with Crippen LogP contribution in [0.2, 0.25) is 0 Å². The molecule has 2 N–H and O–H groups in total. The van der Waals surface area contributed by atoms with Crippen molar-refractivity contribution in [1.82, 2.24) is 25.4 Å². The zero-order chi connectivity index (χ0) is 23.5. The number of nitrogens with zero attached hydrogens (tertiary/aromatic N) is 4. The van der Waals surface area contributed by atoms with Crippen LogP contribution in [0.25, 0.3) is 0 Å². The van der Waals surface area contributed by atoms with Crippen molar-refractivity contribution in [1.29, 1.82) is 0 Å². The minimum atomic E-state index is -0.602. The molecule has 2 unspecified atom stereocenters. The second-order valence-electron chi connectivity index (χ2n) is 7.85.